The van der Waals surface area contributed by atoms with Crippen LogP contribution in [0.3, 0.4) is 0 Å². The number of hydrogen-bond acceptors (Lipinski definition) is 3. The van der Waals surface area contributed by atoms with E-state index in [2.05, 4.69) is 10.4 Å². The Bertz CT molecular complexity index is 1140. The van der Waals surface area contributed by atoms with Crippen LogP contribution in [-0.2, 0) is 23.3 Å². The van der Waals surface area contributed by atoms with E-state index in [-0.39, 0.29) is 12.5 Å². The normalized spacial score (nSPS) is 20.4. The summed E-state index contributed by atoms with van der Waals surface area (Å²) in [5.74, 6) is -0.227. The lowest BCUT2D eigenvalue weighted by molar-refractivity contribution is -0.132. The molecule has 5 rings (SSSR count). The van der Waals surface area contributed by atoms with Crippen LogP contribution >= 0.6 is 11.6 Å². The molecule has 29 heavy (non-hydrogen) atoms. The summed E-state index contributed by atoms with van der Waals surface area (Å²) in [6.45, 7) is 1.92. The molecule has 1 aromatic heterocycles. The molecular formula is C22H19ClN4O2. The minimum atomic E-state index is -0.969. The van der Waals surface area contributed by atoms with Crippen molar-refractivity contribution in [3.05, 3.63) is 82.1 Å². The van der Waals surface area contributed by atoms with Crippen LogP contribution in [0.15, 0.2) is 54.6 Å². The highest BCUT2D eigenvalue weighted by Crippen LogP contribution is 2.42. The Morgan fingerprint density at radius 2 is 1.83 bits per heavy atom. The molecule has 1 atom stereocenters. The number of imide groups is 1. The molecule has 0 bridgehead atoms. The Hall–Kier alpha value is -3.12. The molecule has 146 valence electrons. The molecule has 1 saturated heterocycles. The molecule has 1 aliphatic heterocycles. The third-order valence-corrected chi connectivity index (χ3v) is 6.25. The Balaban J connectivity index is 1.49. The van der Waals surface area contributed by atoms with Crippen molar-refractivity contribution in [1.82, 2.24) is 20.0 Å². The van der Waals surface area contributed by atoms with Gasteiger partial charge in [0.05, 0.1) is 17.9 Å². The maximum Gasteiger partial charge on any atom is 0.325 e. The number of nitrogens with one attached hydrogen (secondary N) is 1. The number of halogens is 1. The van der Waals surface area contributed by atoms with Crippen LogP contribution in [0, 0.1) is 6.92 Å². The number of benzene rings is 2. The van der Waals surface area contributed by atoms with Crippen LogP contribution in [0.2, 0.25) is 5.15 Å². The van der Waals surface area contributed by atoms with Crippen LogP contribution in [0.4, 0.5) is 4.79 Å². The second-order valence-corrected chi connectivity index (χ2v) is 7.84. The standard InChI is InChI=1S/C22H19ClN4O2/c1-14-17(19(23)27(25-14)16-8-3-2-4-9-16)13-26-20(28)22(24-21(26)29)12-11-15-7-5-6-10-18(15)22/h2-10H,11-13H2,1H3,(H,24,29). The molecule has 1 aliphatic carbocycles. The fraction of sp³-hybridized carbons (Fsp3) is 0.227. The first-order valence-electron chi connectivity index (χ1n) is 9.53. The van der Waals surface area contributed by atoms with Gasteiger partial charge in [0.15, 0.2) is 0 Å². The molecule has 2 aromatic carbocycles. The van der Waals surface area contributed by atoms with Crippen molar-refractivity contribution in [2.45, 2.75) is 31.8 Å². The summed E-state index contributed by atoms with van der Waals surface area (Å²) in [7, 11) is 0. The van der Waals surface area contributed by atoms with E-state index in [9.17, 15) is 9.59 Å². The zero-order valence-electron chi connectivity index (χ0n) is 15.9. The number of fused-ring (bicyclic) bond motifs is 2. The molecule has 0 radical (unpaired) electrons. The van der Waals surface area contributed by atoms with Gasteiger partial charge in [0.1, 0.15) is 10.7 Å². The van der Waals surface area contributed by atoms with Crippen molar-refractivity contribution in [3.63, 3.8) is 0 Å². The van der Waals surface area contributed by atoms with Crippen LogP contribution in [-0.4, -0.2) is 26.6 Å². The number of hydrogen-bond donors (Lipinski definition) is 1. The van der Waals surface area contributed by atoms with E-state index in [1.54, 1.807) is 4.68 Å². The summed E-state index contributed by atoms with van der Waals surface area (Å²) < 4.78 is 1.63. The first-order valence-corrected chi connectivity index (χ1v) is 9.91. The molecule has 6 nitrogen and oxygen atoms in total. The highest BCUT2D eigenvalue weighted by Gasteiger charge is 2.55. The summed E-state index contributed by atoms with van der Waals surface area (Å²) in [6.07, 6.45) is 1.34. The zero-order chi connectivity index (χ0) is 20.2. The van der Waals surface area contributed by atoms with Gasteiger partial charge in [-0.2, -0.15) is 5.10 Å². The van der Waals surface area contributed by atoms with Gasteiger partial charge in [0.2, 0.25) is 0 Å². The molecule has 1 unspecified atom stereocenters. The van der Waals surface area contributed by atoms with E-state index in [1.807, 2.05) is 61.5 Å². The van der Waals surface area contributed by atoms with Gasteiger partial charge in [-0.15, -0.1) is 0 Å². The van der Waals surface area contributed by atoms with Crippen molar-refractivity contribution in [2.24, 2.45) is 0 Å². The SMILES string of the molecule is Cc1nn(-c2ccccc2)c(Cl)c1CN1C(=O)NC2(CCc3ccccc32)C1=O. The lowest BCUT2D eigenvalue weighted by Gasteiger charge is -2.22. The smallest absolute Gasteiger partial charge is 0.319 e. The highest BCUT2D eigenvalue weighted by molar-refractivity contribution is 6.30. The molecule has 0 saturated carbocycles. The number of nitrogens with zero attached hydrogens (tertiary/aromatic N) is 3. The number of amides is 3. The van der Waals surface area contributed by atoms with Gasteiger partial charge >= 0.3 is 6.03 Å². The maximum absolute atomic E-state index is 13.4. The van der Waals surface area contributed by atoms with Crippen molar-refractivity contribution in [1.29, 1.82) is 0 Å². The van der Waals surface area contributed by atoms with Gasteiger partial charge in [0, 0.05) is 5.56 Å². The number of aromatic nitrogens is 2. The third kappa shape index (κ3) is 2.59. The molecule has 7 heteroatoms. The number of urea groups is 1. The second kappa shape index (κ2) is 6.46. The van der Waals surface area contributed by atoms with Gasteiger partial charge in [-0.05, 0) is 43.0 Å². The fourth-order valence-corrected chi connectivity index (χ4v) is 4.67. The maximum atomic E-state index is 13.4. The molecule has 1 N–H and O–H groups in total. The van der Waals surface area contributed by atoms with Gasteiger partial charge in [-0.1, -0.05) is 54.1 Å². The number of aryl methyl sites for hydroxylation is 2. The summed E-state index contributed by atoms with van der Waals surface area (Å²) in [5.41, 5.74) is 3.21. The Morgan fingerprint density at radius 3 is 2.62 bits per heavy atom. The van der Waals surface area contributed by atoms with E-state index in [0.717, 1.165) is 23.2 Å². The summed E-state index contributed by atoms with van der Waals surface area (Å²) in [5, 5.41) is 7.87. The number of carbonyl (C=O) groups is 2. The fourth-order valence-electron chi connectivity index (χ4n) is 4.34. The largest absolute Gasteiger partial charge is 0.325 e. The summed E-state index contributed by atoms with van der Waals surface area (Å²) in [6, 6.07) is 16.9. The highest BCUT2D eigenvalue weighted by atomic mass is 35.5. The third-order valence-electron chi connectivity index (χ3n) is 5.86. The number of rotatable bonds is 3. The Kier molecular flexibility index (Phi) is 3.99. The van der Waals surface area contributed by atoms with Crippen molar-refractivity contribution in [2.75, 3.05) is 0 Å². The van der Waals surface area contributed by atoms with Crippen molar-refractivity contribution in [3.8, 4) is 5.69 Å². The predicted octanol–water partition coefficient (Wildman–Crippen LogP) is 3.73. The summed E-state index contributed by atoms with van der Waals surface area (Å²) >= 11 is 6.60. The van der Waals surface area contributed by atoms with Crippen LogP contribution in [0.25, 0.3) is 5.69 Å². The van der Waals surface area contributed by atoms with E-state index < -0.39 is 11.6 Å². The lowest BCUT2D eigenvalue weighted by atomic mass is 9.92. The molecule has 1 spiro atoms. The van der Waals surface area contributed by atoms with Gasteiger partial charge in [-0.25, -0.2) is 9.48 Å². The monoisotopic (exact) mass is 406 g/mol. The zero-order valence-corrected chi connectivity index (χ0v) is 16.6. The average Bonchev–Trinajstić information content (AvgIpc) is 3.33. The van der Waals surface area contributed by atoms with Crippen molar-refractivity contribution >= 4 is 23.5 Å². The van der Waals surface area contributed by atoms with Crippen molar-refractivity contribution < 1.29 is 9.59 Å². The molecule has 2 heterocycles. The first kappa shape index (κ1) is 17.9. The van der Waals surface area contributed by atoms with Crippen LogP contribution < -0.4 is 5.32 Å². The minimum absolute atomic E-state index is 0.0894. The Labute approximate surface area is 173 Å². The van der Waals surface area contributed by atoms with E-state index in [1.165, 1.54) is 4.90 Å². The Morgan fingerprint density at radius 1 is 1.10 bits per heavy atom. The topological polar surface area (TPSA) is 67.2 Å². The average molecular weight is 407 g/mol. The molecule has 3 amide bonds. The molecule has 3 aromatic rings. The van der Waals surface area contributed by atoms with E-state index >= 15 is 0 Å². The molecular weight excluding hydrogens is 388 g/mol. The first-order chi connectivity index (χ1) is 14.0. The predicted molar refractivity (Wildman–Crippen MR) is 109 cm³/mol. The van der Waals surface area contributed by atoms with Crippen LogP contribution in [0.5, 0.6) is 0 Å². The van der Waals surface area contributed by atoms with Gasteiger partial charge < -0.3 is 5.32 Å². The molecule has 2 aliphatic rings. The summed E-state index contributed by atoms with van der Waals surface area (Å²) in [4.78, 5) is 27.4. The molecule has 1 fully saturated rings. The number of para-hydroxylation sites is 1. The van der Waals surface area contributed by atoms with E-state index in [4.69, 9.17) is 11.6 Å². The van der Waals surface area contributed by atoms with Gasteiger partial charge in [-0.3, -0.25) is 9.69 Å². The minimum Gasteiger partial charge on any atom is -0.319 e. The van der Waals surface area contributed by atoms with Crippen LogP contribution in [0.1, 0.15) is 28.8 Å². The van der Waals surface area contributed by atoms with Gasteiger partial charge in [0.25, 0.3) is 5.91 Å². The number of carbonyl (C=O) groups excluding carboxylic acids is 2. The van der Waals surface area contributed by atoms with E-state index in [0.29, 0.717) is 22.8 Å². The second-order valence-electron chi connectivity index (χ2n) is 7.49. The lowest BCUT2D eigenvalue weighted by Crippen LogP contribution is -2.41. The quantitative estimate of drug-likeness (QED) is 0.674.